The van der Waals surface area contributed by atoms with Crippen LogP contribution in [0.25, 0.3) is 0 Å². The first-order chi connectivity index (χ1) is 21.6. The molecule has 4 nitrogen and oxygen atoms in total. The highest BCUT2D eigenvalue weighted by Crippen LogP contribution is 2.32. The van der Waals surface area contributed by atoms with Gasteiger partial charge >= 0.3 is 0 Å². The van der Waals surface area contributed by atoms with Crippen molar-refractivity contribution in [3.8, 4) is 0 Å². The number of methoxy groups -OCH3 is 2. The zero-order valence-electron chi connectivity index (χ0n) is 29.4. The molecule has 2 aromatic carbocycles. The number of anilines is 3. The van der Waals surface area contributed by atoms with Gasteiger partial charge in [-0.1, -0.05) is 84.9 Å². The van der Waals surface area contributed by atoms with E-state index in [9.17, 15) is 0 Å². The van der Waals surface area contributed by atoms with Gasteiger partial charge in [-0.15, -0.1) is 0 Å². The first kappa shape index (κ1) is 38.9. The molecular formula is C41H56N2O2. The minimum atomic E-state index is 0.559. The highest BCUT2D eigenvalue weighted by molar-refractivity contribution is 5.70. The van der Waals surface area contributed by atoms with Gasteiger partial charge in [-0.3, -0.25) is 0 Å². The maximum Gasteiger partial charge on any atom is 0.0649 e. The summed E-state index contributed by atoms with van der Waals surface area (Å²) in [7, 11) is 3.41. The number of rotatable bonds is 15. The zero-order valence-corrected chi connectivity index (χ0v) is 29.4. The summed E-state index contributed by atoms with van der Waals surface area (Å²) in [6.45, 7) is 22.1. The van der Waals surface area contributed by atoms with Crippen LogP contribution in [0.5, 0.6) is 0 Å². The van der Waals surface area contributed by atoms with E-state index in [-0.39, 0.29) is 0 Å². The Morgan fingerprint density at radius 1 is 0.800 bits per heavy atom. The van der Waals surface area contributed by atoms with Crippen LogP contribution in [0.3, 0.4) is 0 Å². The van der Waals surface area contributed by atoms with Gasteiger partial charge in [0.1, 0.15) is 0 Å². The summed E-state index contributed by atoms with van der Waals surface area (Å²) in [5.74, 6) is 0. The molecule has 0 atom stereocenters. The van der Waals surface area contributed by atoms with Crippen LogP contribution in [0.15, 0.2) is 144 Å². The van der Waals surface area contributed by atoms with Crippen LogP contribution in [-0.2, 0) is 9.47 Å². The average Bonchev–Trinajstić information content (AvgIpc) is 3.03. The Hall–Kier alpha value is -4.12. The molecule has 0 aliphatic carbocycles. The molecule has 0 amide bonds. The Kier molecular flexibility index (Phi) is 19.4. The third-order valence-electron chi connectivity index (χ3n) is 6.74. The molecule has 0 saturated heterocycles. The van der Waals surface area contributed by atoms with Crippen molar-refractivity contribution in [1.82, 2.24) is 0 Å². The largest absolute Gasteiger partial charge is 0.381 e. The molecule has 242 valence electrons. The topological polar surface area (TPSA) is 24.9 Å². The highest BCUT2D eigenvalue weighted by atomic mass is 16.5. The third kappa shape index (κ3) is 14.5. The monoisotopic (exact) mass is 608 g/mol. The number of ether oxygens (including phenoxy) is 2. The molecule has 0 N–H and O–H groups in total. The molecule has 0 spiro atoms. The molecular weight excluding hydrogens is 552 g/mol. The van der Waals surface area contributed by atoms with Gasteiger partial charge in [-0.05, 0) is 109 Å². The van der Waals surface area contributed by atoms with Crippen molar-refractivity contribution < 1.29 is 9.47 Å². The van der Waals surface area contributed by atoms with E-state index in [1.807, 2.05) is 19.1 Å². The van der Waals surface area contributed by atoms with Crippen molar-refractivity contribution in [2.45, 2.75) is 61.8 Å². The molecule has 0 radical (unpaired) electrons. The van der Waals surface area contributed by atoms with Crippen LogP contribution in [-0.4, -0.2) is 27.4 Å². The van der Waals surface area contributed by atoms with E-state index in [1.165, 1.54) is 16.7 Å². The third-order valence-corrected chi connectivity index (χ3v) is 6.74. The number of aryl methyl sites for hydroxylation is 1. The summed E-state index contributed by atoms with van der Waals surface area (Å²) >= 11 is 0. The minimum absolute atomic E-state index is 0.559. The first-order valence-corrected chi connectivity index (χ1v) is 15.6. The molecule has 0 aliphatic rings. The highest BCUT2D eigenvalue weighted by Gasteiger charge is 2.15. The fraction of sp³-hybridized carbons (Fsp3) is 0.317. The van der Waals surface area contributed by atoms with Gasteiger partial charge in [-0.2, -0.15) is 0 Å². The SMILES string of the molecule is C=C/C(C)=C(\C(C)=C/COC)N(/C=C/CC)c1ccc(N(/C=C/C=C(C)\C=C/C)c2ccc(C)cc2)cc1.COCC=C(C)C. The molecule has 0 saturated carbocycles. The van der Waals surface area contributed by atoms with Crippen LogP contribution in [0.1, 0.15) is 60.5 Å². The number of nitrogens with zero attached hydrogens (tertiary/aromatic N) is 2. The summed E-state index contributed by atoms with van der Waals surface area (Å²) in [4.78, 5) is 4.45. The predicted molar refractivity (Wildman–Crippen MR) is 199 cm³/mol. The Labute approximate surface area is 274 Å². The van der Waals surface area contributed by atoms with Gasteiger partial charge in [-0.25, -0.2) is 0 Å². The number of hydrogen-bond acceptors (Lipinski definition) is 4. The molecule has 0 unspecified atom stereocenters. The van der Waals surface area contributed by atoms with Crippen LogP contribution < -0.4 is 9.80 Å². The van der Waals surface area contributed by atoms with Crippen molar-refractivity contribution in [3.05, 3.63) is 150 Å². The smallest absolute Gasteiger partial charge is 0.0649 e. The second-order valence-electron chi connectivity index (χ2n) is 11.0. The molecule has 0 fully saturated rings. The van der Waals surface area contributed by atoms with Crippen LogP contribution in [0.2, 0.25) is 0 Å². The summed E-state index contributed by atoms with van der Waals surface area (Å²) in [6, 6.07) is 17.3. The Morgan fingerprint density at radius 3 is 1.84 bits per heavy atom. The van der Waals surface area contributed by atoms with Gasteiger partial charge in [0, 0.05) is 43.7 Å². The van der Waals surface area contributed by atoms with Crippen LogP contribution in [0, 0.1) is 6.92 Å². The fourth-order valence-corrected chi connectivity index (χ4v) is 4.24. The van der Waals surface area contributed by atoms with E-state index >= 15 is 0 Å². The van der Waals surface area contributed by atoms with Gasteiger partial charge in [0.15, 0.2) is 0 Å². The molecule has 0 aromatic heterocycles. The van der Waals surface area contributed by atoms with Gasteiger partial charge < -0.3 is 19.3 Å². The Bertz CT molecular complexity index is 1360. The molecule has 2 rings (SSSR count). The van der Waals surface area contributed by atoms with Gasteiger partial charge in [0.25, 0.3) is 0 Å². The van der Waals surface area contributed by atoms with E-state index < -0.39 is 0 Å². The maximum atomic E-state index is 5.31. The lowest BCUT2D eigenvalue weighted by atomic mass is 10.1. The minimum Gasteiger partial charge on any atom is -0.381 e. The van der Waals surface area contributed by atoms with Crippen molar-refractivity contribution >= 4 is 17.1 Å². The number of hydrogen-bond donors (Lipinski definition) is 0. The standard InChI is InChI=1S/C35H44N2O.C6H12O/c1-9-12-25-37(35(30(6)11-3)31(7)24-27-38-8)34-22-20-33(21-23-34)36(26-13-15-28(4)14-10-2)32-18-16-29(5)17-19-32;1-6(2)4-5-7-3/h10-26H,3,9,27H2,1-2,4-8H3;4H,5H2,1-3H3/b14-10-,25-12+,26-13+,28-15-,31-24-,35-30+;. The lowest BCUT2D eigenvalue weighted by Gasteiger charge is -2.28. The van der Waals surface area contributed by atoms with Crippen LogP contribution in [0.4, 0.5) is 17.1 Å². The normalized spacial score (nSPS) is 12.7. The summed E-state index contributed by atoms with van der Waals surface area (Å²) in [6.07, 6.45) is 21.8. The fourth-order valence-electron chi connectivity index (χ4n) is 4.24. The Balaban J connectivity index is 0.00000129. The van der Waals surface area contributed by atoms with Gasteiger partial charge in [0.2, 0.25) is 0 Å². The van der Waals surface area contributed by atoms with Crippen LogP contribution >= 0.6 is 0 Å². The molecule has 2 aromatic rings. The molecule has 0 aliphatic heterocycles. The van der Waals surface area contributed by atoms with Crippen molar-refractivity contribution in [2.24, 2.45) is 0 Å². The first-order valence-electron chi connectivity index (χ1n) is 15.6. The van der Waals surface area contributed by atoms with E-state index in [4.69, 9.17) is 9.47 Å². The summed E-state index contributed by atoms with van der Waals surface area (Å²) in [5, 5.41) is 0. The lowest BCUT2D eigenvalue weighted by molar-refractivity contribution is 0.233. The molecule has 0 bridgehead atoms. The number of benzene rings is 2. The molecule has 0 heterocycles. The zero-order chi connectivity index (χ0) is 33.6. The van der Waals surface area contributed by atoms with E-state index in [0.717, 1.165) is 46.9 Å². The Morgan fingerprint density at radius 2 is 1.36 bits per heavy atom. The molecule has 4 heteroatoms. The van der Waals surface area contributed by atoms with Gasteiger partial charge in [0.05, 0.1) is 18.9 Å². The quantitative estimate of drug-likeness (QED) is 0.148. The lowest BCUT2D eigenvalue weighted by Crippen LogP contribution is -2.18. The average molecular weight is 609 g/mol. The van der Waals surface area contributed by atoms with E-state index in [2.05, 4.69) is 162 Å². The van der Waals surface area contributed by atoms with E-state index in [0.29, 0.717) is 6.61 Å². The summed E-state index contributed by atoms with van der Waals surface area (Å²) < 4.78 is 10.1. The summed E-state index contributed by atoms with van der Waals surface area (Å²) in [5.41, 5.74) is 10.4. The molecule has 45 heavy (non-hydrogen) atoms. The van der Waals surface area contributed by atoms with E-state index in [1.54, 1.807) is 14.2 Å². The van der Waals surface area contributed by atoms with Crippen molar-refractivity contribution in [3.63, 3.8) is 0 Å². The second-order valence-corrected chi connectivity index (χ2v) is 11.0. The second kappa shape index (κ2) is 22.4. The van der Waals surface area contributed by atoms with Crippen molar-refractivity contribution in [1.29, 1.82) is 0 Å². The van der Waals surface area contributed by atoms with Crippen molar-refractivity contribution in [2.75, 3.05) is 37.2 Å². The maximum absolute atomic E-state index is 5.31. The number of allylic oxidation sites excluding steroid dienone is 10. The predicted octanol–water partition coefficient (Wildman–Crippen LogP) is 11.6.